The molecule has 0 aliphatic carbocycles. The second-order valence-corrected chi connectivity index (χ2v) is 6.01. The summed E-state index contributed by atoms with van der Waals surface area (Å²) in [6.07, 6.45) is 1.83. The van der Waals surface area contributed by atoms with Crippen molar-refractivity contribution in [3.8, 4) is 5.75 Å². The summed E-state index contributed by atoms with van der Waals surface area (Å²) < 4.78 is 7.23. The minimum atomic E-state index is 0.684. The van der Waals surface area contributed by atoms with Crippen LogP contribution in [0.3, 0.4) is 0 Å². The van der Waals surface area contributed by atoms with Gasteiger partial charge in [-0.3, -0.25) is 0 Å². The number of aryl methyl sites for hydroxylation is 2. The fourth-order valence-electron chi connectivity index (χ4n) is 2.69. The highest BCUT2D eigenvalue weighted by molar-refractivity contribution is 5.89. The van der Waals surface area contributed by atoms with Gasteiger partial charge in [0.1, 0.15) is 17.6 Å². The van der Waals surface area contributed by atoms with Gasteiger partial charge in [-0.15, -0.1) is 0 Å². The fourth-order valence-corrected chi connectivity index (χ4v) is 2.69. The molecule has 0 saturated carbocycles. The van der Waals surface area contributed by atoms with Gasteiger partial charge in [0.05, 0.1) is 12.6 Å². The van der Waals surface area contributed by atoms with Crippen LogP contribution in [0, 0.1) is 13.8 Å². The summed E-state index contributed by atoms with van der Waals surface area (Å²) in [4.78, 5) is 9.25. The minimum Gasteiger partial charge on any atom is -0.497 e. The van der Waals surface area contributed by atoms with E-state index < -0.39 is 0 Å². The molecule has 3 rings (SSSR count). The van der Waals surface area contributed by atoms with Crippen LogP contribution in [0.4, 0.5) is 5.82 Å². The predicted octanol–water partition coefficient (Wildman–Crippen LogP) is 2.87. The van der Waals surface area contributed by atoms with Crippen molar-refractivity contribution in [1.82, 2.24) is 14.6 Å². The van der Waals surface area contributed by atoms with Gasteiger partial charge in [-0.25, -0.2) is 14.6 Å². The van der Waals surface area contributed by atoms with E-state index in [4.69, 9.17) is 9.72 Å². The Balaban J connectivity index is 1.93. The number of pyridine rings is 1. The largest absolute Gasteiger partial charge is 0.497 e. The summed E-state index contributed by atoms with van der Waals surface area (Å²) in [5, 5.41) is 5.42. The zero-order valence-electron chi connectivity index (χ0n) is 14.8. The Bertz CT molecular complexity index is 852. The molecule has 0 spiro atoms. The summed E-state index contributed by atoms with van der Waals surface area (Å²) in [6, 6.07) is 8.01. The standard InChI is InChI=1S/C18H23N5O/c1-12-13(2)21-18(16-17(12)23(11-20-16)22(3)4)19-10-14-6-8-15(24-5)9-7-14/h6-9,11H,10H2,1-5H3,(H,19,21). The SMILES string of the molecule is COc1ccc(CNc2nc(C)c(C)c3c2ncn3N(C)C)cc1. The molecule has 6 heteroatoms. The summed E-state index contributed by atoms with van der Waals surface area (Å²) in [7, 11) is 5.67. The van der Waals surface area contributed by atoms with Gasteiger partial charge >= 0.3 is 0 Å². The molecule has 2 heterocycles. The van der Waals surface area contributed by atoms with Crippen LogP contribution in [-0.4, -0.2) is 35.8 Å². The molecule has 24 heavy (non-hydrogen) atoms. The van der Waals surface area contributed by atoms with Crippen LogP contribution in [0.15, 0.2) is 30.6 Å². The van der Waals surface area contributed by atoms with Crippen molar-refractivity contribution in [2.45, 2.75) is 20.4 Å². The summed E-state index contributed by atoms with van der Waals surface area (Å²) >= 11 is 0. The molecule has 126 valence electrons. The Morgan fingerprint density at radius 3 is 2.50 bits per heavy atom. The lowest BCUT2D eigenvalue weighted by Crippen LogP contribution is -2.24. The van der Waals surface area contributed by atoms with E-state index >= 15 is 0 Å². The molecule has 6 nitrogen and oxygen atoms in total. The third-order valence-corrected chi connectivity index (χ3v) is 4.20. The maximum Gasteiger partial charge on any atom is 0.154 e. The number of benzene rings is 1. The zero-order chi connectivity index (χ0) is 17.3. The molecule has 0 radical (unpaired) electrons. The second-order valence-electron chi connectivity index (χ2n) is 6.01. The van der Waals surface area contributed by atoms with Crippen LogP contribution in [0.1, 0.15) is 16.8 Å². The van der Waals surface area contributed by atoms with Crippen LogP contribution in [0.5, 0.6) is 5.75 Å². The van der Waals surface area contributed by atoms with Gasteiger partial charge in [-0.2, -0.15) is 0 Å². The van der Waals surface area contributed by atoms with Crippen molar-refractivity contribution >= 4 is 16.9 Å². The van der Waals surface area contributed by atoms with E-state index in [1.807, 2.05) is 61.3 Å². The van der Waals surface area contributed by atoms with Crippen LogP contribution < -0.4 is 15.1 Å². The molecular weight excluding hydrogens is 302 g/mol. The number of methoxy groups -OCH3 is 1. The van der Waals surface area contributed by atoms with Gasteiger partial charge in [0.25, 0.3) is 0 Å². The Morgan fingerprint density at radius 1 is 1.17 bits per heavy atom. The van der Waals surface area contributed by atoms with Gasteiger partial charge in [-0.05, 0) is 37.1 Å². The Morgan fingerprint density at radius 2 is 1.88 bits per heavy atom. The number of ether oxygens (including phenoxy) is 1. The van der Waals surface area contributed by atoms with E-state index in [9.17, 15) is 0 Å². The summed E-state index contributed by atoms with van der Waals surface area (Å²) in [5.41, 5.74) is 5.29. The van der Waals surface area contributed by atoms with Gasteiger partial charge in [0.15, 0.2) is 5.82 Å². The van der Waals surface area contributed by atoms with Crippen LogP contribution in [0.2, 0.25) is 0 Å². The number of hydrogen-bond donors (Lipinski definition) is 1. The van der Waals surface area contributed by atoms with Gasteiger partial charge in [0.2, 0.25) is 0 Å². The first-order chi connectivity index (χ1) is 11.5. The number of nitrogens with one attached hydrogen (secondary N) is 1. The van der Waals surface area contributed by atoms with E-state index in [1.165, 1.54) is 0 Å². The first-order valence-corrected chi connectivity index (χ1v) is 7.90. The normalized spacial score (nSPS) is 10.9. The lowest BCUT2D eigenvalue weighted by atomic mass is 10.2. The molecule has 0 amide bonds. The highest BCUT2D eigenvalue weighted by Gasteiger charge is 2.15. The van der Waals surface area contributed by atoms with E-state index in [1.54, 1.807) is 7.11 Å². The molecule has 0 saturated heterocycles. The summed E-state index contributed by atoms with van der Waals surface area (Å²) in [5.74, 6) is 1.67. The zero-order valence-corrected chi connectivity index (χ0v) is 14.8. The smallest absolute Gasteiger partial charge is 0.154 e. The first kappa shape index (κ1) is 16.1. The number of rotatable bonds is 5. The molecule has 0 bridgehead atoms. The second kappa shape index (κ2) is 6.39. The van der Waals surface area contributed by atoms with E-state index in [0.29, 0.717) is 6.54 Å². The highest BCUT2D eigenvalue weighted by Crippen LogP contribution is 2.26. The Hall–Kier alpha value is -2.76. The molecule has 2 aromatic heterocycles. The van der Waals surface area contributed by atoms with Crippen molar-refractivity contribution < 1.29 is 4.74 Å². The van der Waals surface area contributed by atoms with Crippen molar-refractivity contribution in [1.29, 1.82) is 0 Å². The molecule has 0 aliphatic rings. The molecule has 0 atom stereocenters. The van der Waals surface area contributed by atoms with E-state index in [2.05, 4.69) is 17.2 Å². The molecule has 3 aromatic rings. The van der Waals surface area contributed by atoms with Gasteiger partial charge < -0.3 is 15.1 Å². The van der Waals surface area contributed by atoms with Crippen LogP contribution in [0.25, 0.3) is 11.0 Å². The van der Waals surface area contributed by atoms with E-state index in [0.717, 1.165) is 39.4 Å². The van der Waals surface area contributed by atoms with Crippen molar-refractivity contribution in [3.63, 3.8) is 0 Å². The number of nitrogens with zero attached hydrogens (tertiary/aromatic N) is 4. The Kier molecular flexibility index (Phi) is 4.29. The number of hydrogen-bond acceptors (Lipinski definition) is 5. The lowest BCUT2D eigenvalue weighted by Gasteiger charge is -2.17. The number of fused-ring (bicyclic) bond motifs is 1. The number of imidazole rings is 1. The maximum atomic E-state index is 5.19. The molecular formula is C18H23N5O. The molecule has 1 N–H and O–H groups in total. The molecule has 0 fully saturated rings. The average molecular weight is 325 g/mol. The number of aromatic nitrogens is 3. The third kappa shape index (κ3) is 2.87. The van der Waals surface area contributed by atoms with Crippen LogP contribution >= 0.6 is 0 Å². The quantitative estimate of drug-likeness (QED) is 0.782. The highest BCUT2D eigenvalue weighted by atomic mass is 16.5. The average Bonchev–Trinajstić information content (AvgIpc) is 3.03. The van der Waals surface area contributed by atoms with Crippen molar-refractivity contribution in [3.05, 3.63) is 47.4 Å². The van der Waals surface area contributed by atoms with Gasteiger partial charge in [0, 0.05) is 26.3 Å². The lowest BCUT2D eigenvalue weighted by molar-refractivity contribution is 0.414. The third-order valence-electron chi connectivity index (χ3n) is 4.20. The van der Waals surface area contributed by atoms with E-state index in [-0.39, 0.29) is 0 Å². The van der Waals surface area contributed by atoms with Crippen molar-refractivity contribution in [2.75, 3.05) is 31.5 Å². The monoisotopic (exact) mass is 325 g/mol. The minimum absolute atomic E-state index is 0.684. The number of anilines is 1. The Labute approximate surface area is 142 Å². The topological polar surface area (TPSA) is 55.2 Å². The molecule has 0 aliphatic heterocycles. The molecule has 0 unspecified atom stereocenters. The maximum absolute atomic E-state index is 5.19. The molecule has 1 aromatic carbocycles. The van der Waals surface area contributed by atoms with Crippen LogP contribution in [-0.2, 0) is 6.54 Å². The fraction of sp³-hybridized carbons (Fsp3) is 0.333. The first-order valence-electron chi connectivity index (χ1n) is 7.90. The summed E-state index contributed by atoms with van der Waals surface area (Å²) in [6.45, 7) is 4.79. The van der Waals surface area contributed by atoms with Gasteiger partial charge in [-0.1, -0.05) is 12.1 Å². The predicted molar refractivity (Wildman–Crippen MR) is 97.4 cm³/mol. The van der Waals surface area contributed by atoms with Crippen molar-refractivity contribution in [2.24, 2.45) is 0 Å².